The number of aryl methyl sites for hydroxylation is 1. The molecule has 26 heavy (non-hydrogen) atoms. The molecule has 2 aromatic rings. The molecule has 0 aliphatic rings. The van der Waals surface area contributed by atoms with Crippen molar-refractivity contribution in [3.8, 4) is 11.5 Å². The van der Waals surface area contributed by atoms with Crippen molar-refractivity contribution in [1.82, 2.24) is 0 Å². The number of hydrogen-bond donors (Lipinski definition) is 0. The summed E-state index contributed by atoms with van der Waals surface area (Å²) in [6.07, 6.45) is 1.56. The molecule has 0 aromatic heterocycles. The molecule has 0 N–H and O–H groups in total. The van der Waals surface area contributed by atoms with Gasteiger partial charge in [0.1, 0.15) is 0 Å². The van der Waals surface area contributed by atoms with Gasteiger partial charge in [-0.3, -0.25) is 10.1 Å². The van der Waals surface area contributed by atoms with Crippen molar-refractivity contribution >= 4 is 23.3 Å². The quantitative estimate of drug-likeness (QED) is 0.258. The topological polar surface area (TPSA) is 87.9 Å². The third kappa shape index (κ3) is 3.83. The average molecular weight is 357 g/mol. The van der Waals surface area contributed by atoms with Crippen LogP contribution < -0.4 is 9.47 Å². The van der Waals surface area contributed by atoms with Gasteiger partial charge in [-0.05, 0) is 30.2 Å². The van der Waals surface area contributed by atoms with Crippen molar-refractivity contribution in [1.29, 1.82) is 0 Å². The number of nitro groups is 1. The van der Waals surface area contributed by atoms with Crippen LogP contribution >= 0.6 is 0 Å². The number of nitro benzene ring substituents is 1. The van der Waals surface area contributed by atoms with Crippen LogP contribution in [0.2, 0.25) is 0 Å². The first-order valence-electron chi connectivity index (χ1n) is 7.69. The van der Waals surface area contributed by atoms with Crippen LogP contribution in [0.25, 0.3) is 11.6 Å². The molecule has 0 atom stereocenters. The van der Waals surface area contributed by atoms with Gasteiger partial charge >= 0.3 is 5.97 Å². The summed E-state index contributed by atoms with van der Waals surface area (Å²) in [6.45, 7) is 1.88. The average Bonchev–Trinajstić information content (AvgIpc) is 2.65. The summed E-state index contributed by atoms with van der Waals surface area (Å²) in [5, 5.41) is 11.6. The number of hydrogen-bond acceptors (Lipinski definition) is 6. The second kappa shape index (κ2) is 8.15. The number of carbonyl (C=O) groups is 1. The van der Waals surface area contributed by atoms with Crippen LogP contribution in [0.1, 0.15) is 16.7 Å². The Morgan fingerprint density at radius 3 is 2.23 bits per heavy atom. The first-order chi connectivity index (χ1) is 12.4. The van der Waals surface area contributed by atoms with Crippen molar-refractivity contribution in [3.05, 3.63) is 63.2 Å². The molecular weight excluding hydrogens is 338 g/mol. The molecule has 7 heteroatoms. The molecule has 2 rings (SSSR count). The van der Waals surface area contributed by atoms with Crippen molar-refractivity contribution in [3.63, 3.8) is 0 Å². The zero-order chi connectivity index (χ0) is 19.3. The Morgan fingerprint density at radius 2 is 1.69 bits per heavy atom. The number of carbonyl (C=O) groups excluding carboxylic acids is 1. The van der Waals surface area contributed by atoms with Gasteiger partial charge in [-0.2, -0.15) is 0 Å². The molecule has 0 fully saturated rings. The highest BCUT2D eigenvalue weighted by Gasteiger charge is 2.26. The van der Waals surface area contributed by atoms with Crippen LogP contribution in [0.15, 0.2) is 36.4 Å². The van der Waals surface area contributed by atoms with Crippen LogP contribution in [-0.4, -0.2) is 32.2 Å². The largest absolute Gasteiger partial charge is 0.493 e. The molecule has 0 aliphatic heterocycles. The Hall–Kier alpha value is -3.35. The molecule has 136 valence electrons. The molecule has 0 radical (unpaired) electrons. The maximum absolute atomic E-state index is 12.4. The lowest BCUT2D eigenvalue weighted by Gasteiger charge is -2.12. The van der Waals surface area contributed by atoms with Gasteiger partial charge in [0.15, 0.2) is 11.5 Å². The second-order valence-corrected chi connectivity index (χ2v) is 5.39. The van der Waals surface area contributed by atoms with E-state index < -0.39 is 10.9 Å². The highest BCUT2D eigenvalue weighted by Crippen LogP contribution is 2.38. The SMILES string of the molecule is COC(=O)/C(=C/c1ccccc1C)c1cc(OC)c(OC)cc1[N+](=O)[O-]. The van der Waals surface area contributed by atoms with Gasteiger partial charge in [0.2, 0.25) is 0 Å². The van der Waals surface area contributed by atoms with E-state index in [2.05, 4.69) is 0 Å². The molecule has 0 saturated heterocycles. The highest BCUT2D eigenvalue weighted by atomic mass is 16.6. The van der Waals surface area contributed by atoms with E-state index in [0.717, 1.165) is 11.1 Å². The number of esters is 1. The Labute approximate surface area is 151 Å². The number of nitrogens with zero attached hydrogens (tertiary/aromatic N) is 1. The summed E-state index contributed by atoms with van der Waals surface area (Å²) in [7, 11) is 4.02. The lowest BCUT2D eigenvalue weighted by molar-refractivity contribution is -0.385. The predicted octanol–water partition coefficient (Wildman–Crippen LogP) is 3.63. The van der Waals surface area contributed by atoms with E-state index in [4.69, 9.17) is 14.2 Å². The number of rotatable bonds is 6. The fraction of sp³-hybridized carbons (Fsp3) is 0.211. The molecule has 0 saturated carbocycles. The molecule has 7 nitrogen and oxygen atoms in total. The summed E-state index contributed by atoms with van der Waals surface area (Å²) >= 11 is 0. The number of ether oxygens (including phenoxy) is 3. The maximum Gasteiger partial charge on any atom is 0.338 e. The zero-order valence-electron chi connectivity index (χ0n) is 14.9. The van der Waals surface area contributed by atoms with Gasteiger partial charge in [0.05, 0.1) is 43.5 Å². The highest BCUT2D eigenvalue weighted by molar-refractivity contribution is 6.22. The first kappa shape index (κ1) is 19.0. The molecular formula is C19H19NO6. The van der Waals surface area contributed by atoms with Crippen LogP contribution in [-0.2, 0) is 9.53 Å². The monoisotopic (exact) mass is 357 g/mol. The summed E-state index contributed by atoms with van der Waals surface area (Å²) < 4.78 is 15.2. The van der Waals surface area contributed by atoms with E-state index in [0.29, 0.717) is 0 Å². The minimum atomic E-state index is -0.691. The van der Waals surface area contributed by atoms with Crippen molar-refractivity contribution in [2.75, 3.05) is 21.3 Å². The Kier molecular flexibility index (Phi) is 5.95. The van der Waals surface area contributed by atoms with E-state index in [1.54, 1.807) is 6.08 Å². The maximum atomic E-state index is 12.4. The van der Waals surface area contributed by atoms with Crippen molar-refractivity contribution in [2.24, 2.45) is 0 Å². The van der Waals surface area contributed by atoms with Gasteiger partial charge in [-0.25, -0.2) is 4.79 Å². The van der Waals surface area contributed by atoms with Crippen LogP contribution in [0.3, 0.4) is 0 Å². The third-order valence-corrected chi connectivity index (χ3v) is 3.88. The lowest BCUT2D eigenvalue weighted by atomic mass is 9.98. The van der Waals surface area contributed by atoms with Crippen molar-refractivity contribution < 1.29 is 23.9 Å². The number of methoxy groups -OCH3 is 3. The minimum absolute atomic E-state index is 0.0504. The van der Waals surface area contributed by atoms with Gasteiger partial charge < -0.3 is 14.2 Å². The molecule has 2 aromatic carbocycles. The van der Waals surface area contributed by atoms with Gasteiger partial charge in [-0.15, -0.1) is 0 Å². The summed E-state index contributed by atoms with van der Waals surface area (Å²) in [6, 6.07) is 10.00. The third-order valence-electron chi connectivity index (χ3n) is 3.88. The van der Waals surface area contributed by atoms with E-state index in [-0.39, 0.29) is 28.3 Å². The molecule has 0 heterocycles. The Balaban J connectivity index is 2.78. The standard InChI is InChI=1S/C19H19NO6/c1-12-7-5-6-8-13(12)9-15(19(21)26-4)14-10-17(24-2)18(25-3)11-16(14)20(22)23/h5-11H,1-4H3/b15-9+. The van der Waals surface area contributed by atoms with E-state index >= 15 is 0 Å². The molecule has 0 spiro atoms. The molecule has 0 aliphatic carbocycles. The Bertz CT molecular complexity index is 872. The van der Waals surface area contributed by atoms with Gasteiger partial charge in [-0.1, -0.05) is 24.3 Å². The Morgan fingerprint density at radius 1 is 1.08 bits per heavy atom. The smallest absolute Gasteiger partial charge is 0.338 e. The lowest BCUT2D eigenvalue weighted by Crippen LogP contribution is -2.07. The summed E-state index contributed by atoms with van der Waals surface area (Å²) in [4.78, 5) is 23.3. The number of benzene rings is 2. The summed E-state index contributed by atoms with van der Waals surface area (Å²) in [5.74, 6) is -0.223. The second-order valence-electron chi connectivity index (χ2n) is 5.39. The van der Waals surface area contributed by atoms with Crippen LogP contribution in [0.5, 0.6) is 11.5 Å². The molecule has 0 bridgehead atoms. The predicted molar refractivity (Wildman–Crippen MR) is 97.3 cm³/mol. The van der Waals surface area contributed by atoms with Crippen molar-refractivity contribution in [2.45, 2.75) is 6.92 Å². The summed E-state index contributed by atoms with van der Waals surface area (Å²) in [5.41, 5.74) is 1.51. The van der Waals surface area contributed by atoms with Gasteiger partial charge in [0, 0.05) is 0 Å². The van der Waals surface area contributed by atoms with Gasteiger partial charge in [0.25, 0.3) is 5.69 Å². The minimum Gasteiger partial charge on any atom is -0.493 e. The zero-order valence-corrected chi connectivity index (χ0v) is 14.9. The normalized spacial score (nSPS) is 11.0. The van der Waals surface area contributed by atoms with Crippen LogP contribution in [0, 0.1) is 17.0 Å². The fourth-order valence-corrected chi connectivity index (χ4v) is 2.50. The fourth-order valence-electron chi connectivity index (χ4n) is 2.50. The first-order valence-corrected chi connectivity index (χ1v) is 7.69. The van der Waals surface area contributed by atoms with E-state index in [1.807, 2.05) is 31.2 Å². The van der Waals surface area contributed by atoms with E-state index in [1.165, 1.54) is 33.5 Å². The van der Waals surface area contributed by atoms with Crippen LogP contribution in [0.4, 0.5) is 5.69 Å². The molecule has 0 unspecified atom stereocenters. The van der Waals surface area contributed by atoms with E-state index in [9.17, 15) is 14.9 Å². The molecule has 0 amide bonds.